The van der Waals surface area contributed by atoms with Crippen LogP contribution in [0.5, 0.6) is 0 Å². The summed E-state index contributed by atoms with van der Waals surface area (Å²) in [7, 11) is 1.81. The van der Waals surface area contributed by atoms with Crippen LogP contribution in [-0.2, 0) is 21.4 Å². The van der Waals surface area contributed by atoms with Crippen molar-refractivity contribution in [1.29, 1.82) is 0 Å². The molecule has 2 amide bonds. The van der Waals surface area contributed by atoms with Gasteiger partial charge in [0, 0.05) is 26.3 Å². The summed E-state index contributed by atoms with van der Waals surface area (Å²) in [5, 5.41) is 6.86. The van der Waals surface area contributed by atoms with E-state index in [2.05, 4.69) is 10.4 Å². The van der Waals surface area contributed by atoms with Gasteiger partial charge >= 0.3 is 11.8 Å². The maximum absolute atomic E-state index is 12.0. The molecule has 7 heteroatoms. The number of nitrogens with one attached hydrogen (secondary N) is 1. The standard InChI is InChI=1S/C13H20N4O3/c1-3-10(11-4-5-14-16(11)2)15-12(18)13(19)17-6-8-20-9-7-17/h4-5,10H,3,6-9H2,1-2H3,(H,15,18)/t10-/m0/s1. The quantitative estimate of drug-likeness (QED) is 0.781. The van der Waals surface area contributed by atoms with Gasteiger partial charge in [-0.3, -0.25) is 14.3 Å². The fourth-order valence-electron chi connectivity index (χ4n) is 2.24. The molecule has 1 atom stereocenters. The highest BCUT2D eigenvalue weighted by molar-refractivity contribution is 6.35. The van der Waals surface area contributed by atoms with E-state index in [-0.39, 0.29) is 6.04 Å². The molecule has 0 aromatic carbocycles. The van der Waals surface area contributed by atoms with Crippen LogP contribution in [0.25, 0.3) is 0 Å². The Morgan fingerprint density at radius 2 is 2.15 bits per heavy atom. The Morgan fingerprint density at radius 3 is 2.70 bits per heavy atom. The molecule has 2 rings (SSSR count). The van der Waals surface area contributed by atoms with Crippen molar-refractivity contribution in [2.45, 2.75) is 19.4 Å². The number of amides is 2. The Kier molecular flexibility index (Phi) is 4.73. The van der Waals surface area contributed by atoms with E-state index in [4.69, 9.17) is 4.74 Å². The maximum atomic E-state index is 12.0. The van der Waals surface area contributed by atoms with Gasteiger partial charge in [-0.2, -0.15) is 5.10 Å². The molecule has 0 bridgehead atoms. The van der Waals surface area contributed by atoms with Crippen LogP contribution in [0.15, 0.2) is 12.3 Å². The smallest absolute Gasteiger partial charge is 0.312 e. The largest absolute Gasteiger partial charge is 0.378 e. The first-order valence-corrected chi connectivity index (χ1v) is 6.79. The summed E-state index contributed by atoms with van der Waals surface area (Å²) in [6.07, 6.45) is 2.37. The fraction of sp³-hybridized carbons (Fsp3) is 0.615. The highest BCUT2D eigenvalue weighted by atomic mass is 16.5. The molecule has 0 unspecified atom stereocenters. The zero-order valence-corrected chi connectivity index (χ0v) is 11.8. The lowest BCUT2D eigenvalue weighted by Crippen LogP contribution is -2.48. The van der Waals surface area contributed by atoms with E-state index in [1.165, 1.54) is 4.90 Å². The normalized spacial score (nSPS) is 16.8. The number of aromatic nitrogens is 2. The van der Waals surface area contributed by atoms with Crippen LogP contribution >= 0.6 is 0 Å². The van der Waals surface area contributed by atoms with Crippen molar-refractivity contribution < 1.29 is 14.3 Å². The molecule has 2 heterocycles. The summed E-state index contributed by atoms with van der Waals surface area (Å²) in [4.78, 5) is 25.6. The van der Waals surface area contributed by atoms with Crippen molar-refractivity contribution in [2.24, 2.45) is 7.05 Å². The molecule has 0 aliphatic carbocycles. The molecule has 1 N–H and O–H groups in total. The van der Waals surface area contributed by atoms with Gasteiger partial charge in [0.25, 0.3) is 0 Å². The van der Waals surface area contributed by atoms with E-state index in [1.807, 2.05) is 20.0 Å². The van der Waals surface area contributed by atoms with Gasteiger partial charge < -0.3 is 15.0 Å². The lowest BCUT2D eigenvalue weighted by Gasteiger charge is -2.27. The molecule has 0 spiro atoms. The van der Waals surface area contributed by atoms with Crippen LogP contribution in [0, 0.1) is 0 Å². The van der Waals surface area contributed by atoms with Gasteiger partial charge in [0.2, 0.25) is 0 Å². The number of rotatable bonds is 3. The highest BCUT2D eigenvalue weighted by Gasteiger charge is 2.26. The molecule has 1 aliphatic rings. The van der Waals surface area contributed by atoms with Gasteiger partial charge in [-0.1, -0.05) is 6.92 Å². The molecule has 110 valence electrons. The zero-order chi connectivity index (χ0) is 14.5. The summed E-state index contributed by atoms with van der Waals surface area (Å²) >= 11 is 0. The molecule has 1 saturated heterocycles. The second-order valence-electron chi connectivity index (χ2n) is 4.72. The minimum absolute atomic E-state index is 0.208. The van der Waals surface area contributed by atoms with Crippen molar-refractivity contribution in [3.8, 4) is 0 Å². The first-order valence-electron chi connectivity index (χ1n) is 6.79. The van der Waals surface area contributed by atoms with E-state index < -0.39 is 11.8 Å². The molecule has 1 aromatic rings. The number of aryl methyl sites for hydroxylation is 1. The second-order valence-corrected chi connectivity index (χ2v) is 4.72. The summed E-state index contributed by atoms with van der Waals surface area (Å²) in [5.74, 6) is -1.06. The number of carbonyl (C=O) groups is 2. The molecule has 1 aliphatic heterocycles. The van der Waals surface area contributed by atoms with Crippen LogP contribution in [0.1, 0.15) is 25.1 Å². The van der Waals surface area contributed by atoms with Crippen LogP contribution in [0.4, 0.5) is 0 Å². The van der Waals surface area contributed by atoms with Gasteiger partial charge in [-0.15, -0.1) is 0 Å². The molecule has 7 nitrogen and oxygen atoms in total. The third kappa shape index (κ3) is 3.16. The number of nitrogens with zero attached hydrogens (tertiary/aromatic N) is 3. The van der Waals surface area contributed by atoms with Gasteiger partial charge in [-0.05, 0) is 12.5 Å². The van der Waals surface area contributed by atoms with Crippen molar-refractivity contribution >= 4 is 11.8 Å². The minimum Gasteiger partial charge on any atom is -0.378 e. The first kappa shape index (κ1) is 14.5. The monoisotopic (exact) mass is 280 g/mol. The van der Waals surface area contributed by atoms with Crippen molar-refractivity contribution in [2.75, 3.05) is 26.3 Å². The predicted molar refractivity (Wildman–Crippen MR) is 71.8 cm³/mol. The molecule has 1 aromatic heterocycles. The van der Waals surface area contributed by atoms with Crippen LogP contribution in [0.2, 0.25) is 0 Å². The summed E-state index contributed by atoms with van der Waals surface area (Å²) < 4.78 is 6.87. The Bertz CT molecular complexity index is 480. The van der Waals surface area contributed by atoms with Gasteiger partial charge in [0.05, 0.1) is 24.9 Å². The van der Waals surface area contributed by atoms with Crippen molar-refractivity contribution in [3.05, 3.63) is 18.0 Å². The van der Waals surface area contributed by atoms with Gasteiger partial charge in [-0.25, -0.2) is 0 Å². The molecule has 20 heavy (non-hydrogen) atoms. The third-order valence-corrected chi connectivity index (χ3v) is 3.42. The lowest BCUT2D eigenvalue weighted by molar-refractivity contribution is -0.148. The Morgan fingerprint density at radius 1 is 1.45 bits per heavy atom. The Hall–Kier alpha value is -1.89. The third-order valence-electron chi connectivity index (χ3n) is 3.42. The summed E-state index contributed by atoms with van der Waals surface area (Å²) in [6.45, 7) is 3.86. The second kappa shape index (κ2) is 6.51. The minimum atomic E-state index is -0.569. The predicted octanol–water partition coefficient (Wildman–Crippen LogP) is -0.154. The van der Waals surface area contributed by atoms with Crippen LogP contribution in [0.3, 0.4) is 0 Å². The lowest BCUT2D eigenvalue weighted by atomic mass is 10.1. The average molecular weight is 280 g/mol. The fourth-order valence-corrected chi connectivity index (χ4v) is 2.24. The molecule has 0 saturated carbocycles. The van der Waals surface area contributed by atoms with Crippen LogP contribution in [-0.4, -0.2) is 52.8 Å². The number of hydrogen-bond acceptors (Lipinski definition) is 4. The number of ether oxygens (including phenoxy) is 1. The molecule has 1 fully saturated rings. The summed E-state index contributed by atoms with van der Waals surface area (Å²) in [5.41, 5.74) is 0.885. The Balaban J connectivity index is 1.98. The van der Waals surface area contributed by atoms with E-state index in [9.17, 15) is 9.59 Å². The van der Waals surface area contributed by atoms with E-state index in [1.54, 1.807) is 10.9 Å². The number of morpholine rings is 1. The SMILES string of the molecule is CC[C@H](NC(=O)C(=O)N1CCOCC1)c1ccnn1C. The average Bonchev–Trinajstić information content (AvgIpc) is 2.90. The van der Waals surface area contributed by atoms with Crippen molar-refractivity contribution in [1.82, 2.24) is 20.0 Å². The highest BCUT2D eigenvalue weighted by Crippen LogP contribution is 2.15. The van der Waals surface area contributed by atoms with Crippen LogP contribution < -0.4 is 5.32 Å². The van der Waals surface area contributed by atoms with Gasteiger partial charge in [0.15, 0.2) is 0 Å². The maximum Gasteiger partial charge on any atom is 0.312 e. The van der Waals surface area contributed by atoms with E-state index in [0.717, 1.165) is 5.69 Å². The zero-order valence-electron chi connectivity index (χ0n) is 11.8. The summed E-state index contributed by atoms with van der Waals surface area (Å²) in [6, 6.07) is 1.63. The van der Waals surface area contributed by atoms with E-state index >= 15 is 0 Å². The molecular formula is C13H20N4O3. The molecular weight excluding hydrogens is 260 g/mol. The Labute approximate surface area is 117 Å². The first-order chi connectivity index (χ1) is 9.63. The van der Waals surface area contributed by atoms with Gasteiger partial charge in [0.1, 0.15) is 0 Å². The number of hydrogen-bond donors (Lipinski definition) is 1. The van der Waals surface area contributed by atoms with E-state index in [0.29, 0.717) is 32.7 Å². The van der Waals surface area contributed by atoms with Crippen molar-refractivity contribution in [3.63, 3.8) is 0 Å². The topological polar surface area (TPSA) is 76.5 Å². The molecule has 0 radical (unpaired) electrons. The number of carbonyl (C=O) groups excluding carboxylic acids is 2.